The van der Waals surface area contributed by atoms with E-state index in [-0.39, 0.29) is 5.41 Å². The third-order valence-electron chi connectivity index (χ3n) is 7.53. The molecule has 0 atom stereocenters. The van der Waals surface area contributed by atoms with Gasteiger partial charge in [-0.25, -0.2) is 4.58 Å². The van der Waals surface area contributed by atoms with E-state index in [1.807, 2.05) is 7.05 Å². The lowest BCUT2D eigenvalue weighted by atomic mass is 9.69. The molecule has 3 rings (SSSR count). The third-order valence-corrected chi connectivity index (χ3v) is 7.53. The van der Waals surface area contributed by atoms with Crippen molar-refractivity contribution < 1.29 is 14.0 Å². The highest BCUT2D eigenvalue weighted by atomic mass is 16.7. The maximum atomic E-state index is 6.47. The van der Waals surface area contributed by atoms with Crippen molar-refractivity contribution in [2.75, 3.05) is 21.3 Å². The first-order valence-electron chi connectivity index (χ1n) is 11.9. The molecule has 0 N–H and O–H groups in total. The first-order chi connectivity index (χ1) is 15.1. The average Bonchev–Trinajstić information content (AvgIpc) is 2.80. The summed E-state index contributed by atoms with van der Waals surface area (Å²) in [6.45, 7) is 15.7. The van der Waals surface area contributed by atoms with E-state index in [2.05, 4.69) is 88.4 Å². The van der Waals surface area contributed by atoms with Gasteiger partial charge in [-0.3, -0.25) is 0 Å². The Morgan fingerprint density at radius 3 is 2.00 bits per heavy atom. The normalized spacial score (nSPS) is 18.2. The molecule has 4 nitrogen and oxygen atoms in total. The van der Waals surface area contributed by atoms with Crippen LogP contribution in [-0.2, 0) is 20.7 Å². The Hall–Kier alpha value is -2.04. The molecule has 0 aromatic heterocycles. The zero-order chi connectivity index (χ0) is 23.9. The average molecular weight is 438 g/mol. The zero-order valence-electron chi connectivity index (χ0n) is 21.7. The molecular weight excluding hydrogens is 396 g/mol. The molecule has 4 heteroatoms. The molecule has 0 aliphatic carbocycles. The Kier molecular flexibility index (Phi) is 6.70. The maximum absolute atomic E-state index is 6.47. The second kappa shape index (κ2) is 8.72. The number of hydrogen-bond acceptors (Lipinski definition) is 3. The number of amidine groups is 1. The van der Waals surface area contributed by atoms with Gasteiger partial charge in [-0.15, -0.1) is 0 Å². The molecule has 0 radical (unpaired) electrons. The Bertz CT molecular complexity index is 1060. The monoisotopic (exact) mass is 437 g/mol. The molecule has 2 aromatic carbocycles. The highest BCUT2D eigenvalue weighted by Crippen LogP contribution is 2.52. The summed E-state index contributed by atoms with van der Waals surface area (Å²) in [6, 6.07) is 11.1. The van der Waals surface area contributed by atoms with Gasteiger partial charge in [0.05, 0.1) is 0 Å². The van der Waals surface area contributed by atoms with Crippen molar-refractivity contribution >= 4 is 22.3 Å². The molecule has 2 aromatic rings. The molecule has 0 amide bonds. The lowest BCUT2D eigenvalue weighted by Crippen LogP contribution is -2.65. The van der Waals surface area contributed by atoms with E-state index in [1.165, 1.54) is 27.6 Å². The quantitative estimate of drug-likeness (QED) is 0.234. The maximum Gasteiger partial charge on any atom is 0.289 e. The summed E-state index contributed by atoms with van der Waals surface area (Å²) in [6.07, 6.45) is 2.61. The minimum atomic E-state index is -0.938. The van der Waals surface area contributed by atoms with Crippen LogP contribution in [0.4, 0.5) is 0 Å². The number of methoxy groups -OCH3 is 2. The summed E-state index contributed by atoms with van der Waals surface area (Å²) in [5.74, 6) is 0.0482. The first-order valence-corrected chi connectivity index (χ1v) is 11.9. The lowest BCUT2D eigenvalue weighted by molar-refractivity contribution is -0.576. The molecule has 174 valence electrons. The number of rotatable bonds is 5. The van der Waals surface area contributed by atoms with Gasteiger partial charge in [0, 0.05) is 38.7 Å². The van der Waals surface area contributed by atoms with Crippen molar-refractivity contribution in [2.45, 2.75) is 84.5 Å². The standard InChI is InChI=1S/C28H41N2O2/c1-11-24-22-18-23(26(5,6)7)20-16-14-15-17-21(20)25(22)28(31-9,32-10)27(12-2,13-3)30(24)19(4)29-8/h14-18H,11-13H2,1-10H3/q+1/b29-19-. The molecule has 1 aliphatic heterocycles. The summed E-state index contributed by atoms with van der Waals surface area (Å²) in [5, 5.41) is 2.48. The summed E-state index contributed by atoms with van der Waals surface area (Å²) < 4.78 is 15.4. The van der Waals surface area contributed by atoms with Crippen molar-refractivity contribution in [3.63, 3.8) is 0 Å². The third kappa shape index (κ3) is 3.18. The summed E-state index contributed by atoms with van der Waals surface area (Å²) >= 11 is 0. The fraction of sp³-hybridized carbons (Fsp3) is 0.571. The van der Waals surface area contributed by atoms with Gasteiger partial charge >= 0.3 is 0 Å². The molecule has 1 aliphatic rings. The fourth-order valence-corrected chi connectivity index (χ4v) is 5.99. The highest BCUT2D eigenvalue weighted by Gasteiger charge is 2.63. The Labute approximate surface area is 194 Å². The van der Waals surface area contributed by atoms with Crippen LogP contribution in [0.5, 0.6) is 0 Å². The summed E-state index contributed by atoms with van der Waals surface area (Å²) in [7, 11) is 5.44. The van der Waals surface area contributed by atoms with E-state index >= 15 is 0 Å². The van der Waals surface area contributed by atoms with E-state index in [0.29, 0.717) is 0 Å². The molecular formula is C28H41N2O2+. The SMILES string of the molecule is CCC1=[N+](/C(C)=N\C)C(CC)(CC)C(OC)(OC)c2c1cc(C(C)(C)C)c1ccccc21. The van der Waals surface area contributed by atoms with E-state index in [1.54, 1.807) is 14.2 Å². The smallest absolute Gasteiger partial charge is 0.289 e. The minimum absolute atomic E-state index is 0.000936. The van der Waals surface area contributed by atoms with Crippen molar-refractivity contribution in [2.24, 2.45) is 4.99 Å². The predicted molar refractivity (Wildman–Crippen MR) is 135 cm³/mol. The molecule has 0 saturated heterocycles. The van der Waals surface area contributed by atoms with Crippen molar-refractivity contribution in [3.8, 4) is 0 Å². The number of nitrogens with zero attached hydrogens (tertiary/aromatic N) is 2. The van der Waals surface area contributed by atoms with Crippen LogP contribution in [-0.4, -0.2) is 42.9 Å². The predicted octanol–water partition coefficient (Wildman–Crippen LogP) is 6.42. The summed E-state index contributed by atoms with van der Waals surface area (Å²) in [4.78, 5) is 4.65. The number of ether oxygens (including phenoxy) is 2. The highest BCUT2D eigenvalue weighted by molar-refractivity contribution is 6.07. The van der Waals surface area contributed by atoms with E-state index in [0.717, 1.165) is 30.7 Å². The molecule has 1 heterocycles. The van der Waals surface area contributed by atoms with Crippen molar-refractivity contribution in [1.82, 2.24) is 0 Å². The van der Waals surface area contributed by atoms with Gasteiger partial charge in [-0.05, 0) is 40.7 Å². The van der Waals surface area contributed by atoms with E-state index < -0.39 is 11.3 Å². The van der Waals surface area contributed by atoms with Gasteiger partial charge in [0.25, 0.3) is 5.84 Å². The molecule has 32 heavy (non-hydrogen) atoms. The Morgan fingerprint density at radius 2 is 1.56 bits per heavy atom. The fourth-order valence-electron chi connectivity index (χ4n) is 5.99. The van der Waals surface area contributed by atoms with Crippen LogP contribution in [0.15, 0.2) is 35.3 Å². The van der Waals surface area contributed by atoms with Gasteiger partial charge in [0.1, 0.15) is 12.8 Å². The van der Waals surface area contributed by atoms with Gasteiger partial charge < -0.3 is 9.47 Å². The summed E-state index contributed by atoms with van der Waals surface area (Å²) in [5.41, 5.74) is 4.55. The Morgan fingerprint density at radius 1 is 1.00 bits per heavy atom. The van der Waals surface area contributed by atoms with Gasteiger partial charge in [-0.1, -0.05) is 70.8 Å². The van der Waals surface area contributed by atoms with Crippen LogP contribution in [0.3, 0.4) is 0 Å². The topological polar surface area (TPSA) is 33.8 Å². The first kappa shape index (κ1) is 24.6. The van der Waals surface area contributed by atoms with Gasteiger partial charge in [0.2, 0.25) is 5.79 Å². The zero-order valence-corrected chi connectivity index (χ0v) is 21.7. The largest absolute Gasteiger partial charge is 0.346 e. The minimum Gasteiger partial charge on any atom is -0.346 e. The van der Waals surface area contributed by atoms with Crippen LogP contribution >= 0.6 is 0 Å². The number of hydrogen-bond donors (Lipinski definition) is 0. The number of aliphatic imine (C=N–C) groups is 1. The van der Waals surface area contributed by atoms with Crippen molar-refractivity contribution in [3.05, 3.63) is 47.0 Å². The molecule has 0 fully saturated rings. The van der Waals surface area contributed by atoms with Crippen LogP contribution < -0.4 is 0 Å². The van der Waals surface area contributed by atoms with E-state index in [9.17, 15) is 0 Å². The molecule has 0 unspecified atom stereocenters. The second-order valence-corrected chi connectivity index (χ2v) is 9.81. The number of benzene rings is 2. The van der Waals surface area contributed by atoms with Crippen LogP contribution in [0.25, 0.3) is 10.8 Å². The van der Waals surface area contributed by atoms with Crippen LogP contribution in [0, 0.1) is 0 Å². The van der Waals surface area contributed by atoms with Crippen molar-refractivity contribution in [1.29, 1.82) is 0 Å². The molecule has 0 saturated carbocycles. The molecule has 0 bridgehead atoms. The van der Waals surface area contributed by atoms with Gasteiger partial charge in [-0.2, -0.15) is 0 Å². The Balaban J connectivity index is 2.72. The second-order valence-electron chi connectivity index (χ2n) is 9.81. The molecule has 0 spiro atoms. The van der Waals surface area contributed by atoms with Crippen LogP contribution in [0.2, 0.25) is 0 Å². The van der Waals surface area contributed by atoms with Gasteiger partial charge in [0.15, 0.2) is 5.54 Å². The van der Waals surface area contributed by atoms with E-state index in [4.69, 9.17) is 9.47 Å². The number of fused-ring (bicyclic) bond motifs is 3. The lowest BCUT2D eigenvalue weighted by Gasteiger charge is -2.51. The van der Waals surface area contributed by atoms with Crippen LogP contribution in [0.1, 0.15) is 84.4 Å².